The second kappa shape index (κ2) is 6.06. The van der Waals surface area contributed by atoms with Crippen LogP contribution in [0.4, 0.5) is 0 Å². The second-order valence-corrected chi connectivity index (χ2v) is 7.41. The van der Waals surface area contributed by atoms with Gasteiger partial charge in [-0.3, -0.25) is 4.99 Å². The Morgan fingerprint density at radius 3 is 2.88 bits per heavy atom. The quantitative estimate of drug-likeness (QED) is 0.730. The molecule has 1 unspecified atom stereocenters. The van der Waals surface area contributed by atoms with E-state index in [1.807, 2.05) is 0 Å². The molecule has 0 aliphatic carbocycles. The zero-order valence-corrected chi connectivity index (χ0v) is 12.2. The average Bonchev–Trinajstić information content (AvgIpc) is 2.24. The highest BCUT2D eigenvalue weighted by Crippen LogP contribution is 2.24. The van der Waals surface area contributed by atoms with Gasteiger partial charge in [-0.2, -0.15) is 0 Å². The van der Waals surface area contributed by atoms with E-state index in [0.29, 0.717) is 13.1 Å². The van der Waals surface area contributed by atoms with Crippen LogP contribution in [0.2, 0.25) is 0 Å². The molecule has 0 aromatic heterocycles. The monoisotopic (exact) mass is 279 g/mol. The van der Waals surface area contributed by atoms with Gasteiger partial charge in [0, 0.05) is 17.8 Å². The molecule has 0 bridgehead atoms. The minimum absolute atomic E-state index is 0.133. The van der Waals surface area contributed by atoms with Crippen molar-refractivity contribution in [3.8, 4) is 0 Å². The number of thioether (sulfide) groups is 1. The lowest BCUT2D eigenvalue weighted by Gasteiger charge is -2.35. The smallest absolute Gasteiger partial charge is 0.208 e. The first-order chi connectivity index (χ1) is 7.85. The third-order valence-corrected chi connectivity index (χ3v) is 4.45. The van der Waals surface area contributed by atoms with E-state index in [2.05, 4.69) is 28.9 Å². The van der Waals surface area contributed by atoms with Crippen LogP contribution in [0.25, 0.3) is 0 Å². The maximum absolute atomic E-state index is 10.9. The molecule has 5 nitrogen and oxygen atoms in total. The summed E-state index contributed by atoms with van der Waals surface area (Å²) in [5.74, 6) is 1.07. The van der Waals surface area contributed by atoms with Crippen LogP contribution in [0, 0.1) is 0 Å². The Kier molecular flexibility index (Phi) is 5.27. The van der Waals surface area contributed by atoms with Crippen molar-refractivity contribution in [2.24, 2.45) is 4.99 Å². The molecule has 0 saturated carbocycles. The summed E-state index contributed by atoms with van der Waals surface area (Å²) < 4.78 is 24.1. The maximum Gasteiger partial charge on any atom is 0.208 e. The lowest BCUT2D eigenvalue weighted by Crippen LogP contribution is -2.48. The van der Waals surface area contributed by atoms with Crippen molar-refractivity contribution in [1.82, 2.24) is 10.0 Å². The van der Waals surface area contributed by atoms with Crippen molar-refractivity contribution in [3.05, 3.63) is 0 Å². The van der Waals surface area contributed by atoms with Gasteiger partial charge >= 0.3 is 0 Å². The fourth-order valence-electron chi connectivity index (χ4n) is 1.47. The fourth-order valence-corrected chi connectivity index (χ4v) is 3.18. The lowest BCUT2D eigenvalue weighted by atomic mass is 9.96. The summed E-state index contributed by atoms with van der Waals surface area (Å²) in [6.45, 7) is 5.18. The first-order valence-corrected chi connectivity index (χ1v) is 8.62. The van der Waals surface area contributed by atoms with E-state index < -0.39 is 10.0 Å². The Labute approximate surface area is 108 Å². The van der Waals surface area contributed by atoms with Crippen molar-refractivity contribution in [3.63, 3.8) is 0 Å². The van der Waals surface area contributed by atoms with Crippen molar-refractivity contribution in [2.75, 3.05) is 25.1 Å². The number of aliphatic imine (C=N–C) groups is 1. The number of hydrogen-bond acceptors (Lipinski definition) is 4. The fraction of sp³-hybridized carbons (Fsp3) is 0.900. The van der Waals surface area contributed by atoms with Gasteiger partial charge in [-0.1, -0.05) is 18.7 Å². The number of rotatable bonds is 5. The van der Waals surface area contributed by atoms with E-state index >= 15 is 0 Å². The molecule has 7 heteroatoms. The predicted molar refractivity (Wildman–Crippen MR) is 74.1 cm³/mol. The van der Waals surface area contributed by atoms with Crippen LogP contribution in [0.15, 0.2) is 4.99 Å². The minimum atomic E-state index is -3.10. The summed E-state index contributed by atoms with van der Waals surface area (Å²) in [7, 11) is -3.10. The SMILES string of the molecule is CCC1(C)CCSC(=NCCNS(C)(=O)=O)N1. The number of hydrogen-bond donors (Lipinski definition) is 2. The number of nitrogens with zero attached hydrogens (tertiary/aromatic N) is 1. The molecule has 1 aliphatic heterocycles. The van der Waals surface area contributed by atoms with Crippen molar-refractivity contribution >= 4 is 27.0 Å². The molecule has 1 rings (SSSR count). The van der Waals surface area contributed by atoms with Crippen LogP contribution in [-0.4, -0.2) is 44.2 Å². The first kappa shape index (κ1) is 14.8. The average molecular weight is 279 g/mol. The number of nitrogens with one attached hydrogen (secondary N) is 2. The molecule has 0 spiro atoms. The highest BCUT2D eigenvalue weighted by Gasteiger charge is 2.27. The minimum Gasteiger partial charge on any atom is -0.360 e. The highest BCUT2D eigenvalue weighted by molar-refractivity contribution is 8.13. The Balaban J connectivity index is 2.40. The third-order valence-electron chi connectivity index (χ3n) is 2.81. The second-order valence-electron chi connectivity index (χ2n) is 4.49. The van der Waals surface area contributed by atoms with Gasteiger partial charge in [0.15, 0.2) is 5.17 Å². The molecule has 17 heavy (non-hydrogen) atoms. The van der Waals surface area contributed by atoms with Crippen molar-refractivity contribution < 1.29 is 8.42 Å². The summed E-state index contributed by atoms with van der Waals surface area (Å²) in [6.07, 6.45) is 3.35. The summed E-state index contributed by atoms with van der Waals surface area (Å²) in [6, 6.07) is 0. The van der Waals surface area contributed by atoms with E-state index in [1.165, 1.54) is 0 Å². The van der Waals surface area contributed by atoms with Gasteiger partial charge in [0.25, 0.3) is 0 Å². The van der Waals surface area contributed by atoms with Gasteiger partial charge in [0.1, 0.15) is 0 Å². The Morgan fingerprint density at radius 2 is 2.29 bits per heavy atom. The van der Waals surface area contributed by atoms with Crippen molar-refractivity contribution in [1.29, 1.82) is 0 Å². The summed E-state index contributed by atoms with van der Waals surface area (Å²) in [5, 5.41) is 4.34. The zero-order chi connectivity index (χ0) is 12.9. The molecule has 1 atom stereocenters. The van der Waals surface area contributed by atoms with E-state index in [-0.39, 0.29) is 5.54 Å². The molecule has 0 aromatic carbocycles. The van der Waals surface area contributed by atoms with E-state index in [9.17, 15) is 8.42 Å². The molecule has 1 fully saturated rings. The molecule has 1 aliphatic rings. The van der Waals surface area contributed by atoms with Crippen LogP contribution >= 0.6 is 11.8 Å². The maximum atomic E-state index is 10.9. The van der Waals surface area contributed by atoms with Gasteiger partial charge in [-0.05, 0) is 19.8 Å². The standard InChI is InChI=1S/C10H21N3O2S2/c1-4-10(2)5-8-16-9(13-10)11-6-7-12-17(3,14)15/h12H,4-8H2,1-3H3,(H,11,13). The lowest BCUT2D eigenvalue weighted by molar-refractivity contribution is 0.390. The van der Waals surface area contributed by atoms with Crippen LogP contribution in [-0.2, 0) is 10.0 Å². The Hall–Kier alpha value is -0.270. The molecule has 0 amide bonds. The Bertz CT molecular complexity index is 381. The molecule has 1 saturated heterocycles. The number of sulfonamides is 1. The van der Waals surface area contributed by atoms with Gasteiger partial charge in [-0.25, -0.2) is 13.1 Å². The van der Waals surface area contributed by atoms with E-state index in [1.54, 1.807) is 11.8 Å². The van der Waals surface area contributed by atoms with Crippen molar-refractivity contribution in [2.45, 2.75) is 32.2 Å². The molecular formula is C10H21N3O2S2. The topological polar surface area (TPSA) is 70.6 Å². The molecule has 2 N–H and O–H groups in total. The number of amidine groups is 1. The first-order valence-electron chi connectivity index (χ1n) is 5.75. The highest BCUT2D eigenvalue weighted by atomic mass is 32.2. The molecule has 100 valence electrons. The summed E-state index contributed by atoms with van der Waals surface area (Å²) in [4.78, 5) is 4.37. The molecular weight excluding hydrogens is 258 g/mol. The largest absolute Gasteiger partial charge is 0.360 e. The van der Waals surface area contributed by atoms with Gasteiger partial charge < -0.3 is 5.32 Å². The van der Waals surface area contributed by atoms with Crippen LogP contribution in [0.3, 0.4) is 0 Å². The third kappa shape index (κ3) is 5.74. The normalized spacial score (nSPS) is 28.1. The van der Waals surface area contributed by atoms with Gasteiger partial charge in [0.2, 0.25) is 10.0 Å². The zero-order valence-electron chi connectivity index (χ0n) is 10.6. The molecule has 1 heterocycles. The molecule has 0 radical (unpaired) electrons. The summed E-state index contributed by atoms with van der Waals surface area (Å²) in [5.41, 5.74) is 0.133. The Morgan fingerprint density at radius 1 is 1.59 bits per heavy atom. The molecule has 0 aromatic rings. The van der Waals surface area contributed by atoms with Gasteiger partial charge in [0.05, 0.1) is 12.8 Å². The summed E-state index contributed by atoms with van der Waals surface area (Å²) >= 11 is 1.70. The predicted octanol–water partition coefficient (Wildman–Crippen LogP) is 0.787. The van der Waals surface area contributed by atoms with E-state index in [4.69, 9.17) is 0 Å². The van der Waals surface area contributed by atoms with Crippen LogP contribution in [0.5, 0.6) is 0 Å². The van der Waals surface area contributed by atoms with Crippen LogP contribution < -0.4 is 10.0 Å². The van der Waals surface area contributed by atoms with Gasteiger partial charge in [-0.15, -0.1) is 0 Å². The van der Waals surface area contributed by atoms with Crippen LogP contribution in [0.1, 0.15) is 26.7 Å². The van der Waals surface area contributed by atoms with E-state index in [0.717, 1.165) is 30.0 Å².